The summed E-state index contributed by atoms with van der Waals surface area (Å²) < 4.78 is 8.85. The number of nitrogens with one attached hydrogen (secondary N) is 1. The third-order valence-corrected chi connectivity index (χ3v) is 4.20. The SMILES string of the molecule is COc1cn(CC(=O)NCCn2ccc3ccccc32)c(C)cc1=O. The van der Waals surface area contributed by atoms with Crippen LogP contribution in [-0.4, -0.2) is 28.7 Å². The van der Waals surface area contributed by atoms with Gasteiger partial charge in [0.25, 0.3) is 0 Å². The lowest BCUT2D eigenvalue weighted by atomic mass is 10.2. The number of hydrogen-bond donors (Lipinski definition) is 1. The summed E-state index contributed by atoms with van der Waals surface area (Å²) in [7, 11) is 1.44. The van der Waals surface area contributed by atoms with Gasteiger partial charge in [-0.25, -0.2) is 0 Å². The normalized spacial score (nSPS) is 10.8. The third-order valence-electron chi connectivity index (χ3n) is 4.20. The van der Waals surface area contributed by atoms with E-state index in [1.165, 1.54) is 18.6 Å². The van der Waals surface area contributed by atoms with E-state index < -0.39 is 0 Å². The Morgan fingerprint density at radius 3 is 2.80 bits per heavy atom. The first kappa shape index (κ1) is 16.8. The van der Waals surface area contributed by atoms with Gasteiger partial charge in [0.2, 0.25) is 11.3 Å². The predicted octanol–water partition coefficient (Wildman–Crippen LogP) is 1.94. The summed E-state index contributed by atoms with van der Waals surface area (Å²) in [5, 5.41) is 4.10. The molecule has 0 bridgehead atoms. The van der Waals surface area contributed by atoms with Crippen LogP contribution in [0.2, 0.25) is 0 Å². The van der Waals surface area contributed by atoms with E-state index in [-0.39, 0.29) is 23.6 Å². The summed E-state index contributed by atoms with van der Waals surface area (Å²) in [6.45, 7) is 3.18. The zero-order chi connectivity index (χ0) is 17.8. The van der Waals surface area contributed by atoms with Gasteiger partial charge in [0.05, 0.1) is 13.3 Å². The fourth-order valence-corrected chi connectivity index (χ4v) is 2.84. The number of fused-ring (bicyclic) bond motifs is 1. The van der Waals surface area contributed by atoms with E-state index in [9.17, 15) is 9.59 Å². The Morgan fingerprint density at radius 1 is 1.20 bits per heavy atom. The molecule has 25 heavy (non-hydrogen) atoms. The largest absolute Gasteiger partial charge is 0.491 e. The molecule has 0 saturated heterocycles. The van der Waals surface area contributed by atoms with Crippen molar-refractivity contribution in [3.05, 3.63) is 64.7 Å². The number of carbonyl (C=O) groups is 1. The molecule has 0 aliphatic rings. The Morgan fingerprint density at radius 2 is 2.00 bits per heavy atom. The van der Waals surface area contributed by atoms with Gasteiger partial charge in [-0.15, -0.1) is 0 Å². The van der Waals surface area contributed by atoms with E-state index in [2.05, 4.69) is 28.1 Å². The number of para-hydroxylation sites is 1. The Kier molecular flexibility index (Phi) is 4.88. The monoisotopic (exact) mass is 339 g/mol. The second-order valence-corrected chi connectivity index (χ2v) is 5.89. The Labute approximate surface area is 145 Å². The van der Waals surface area contributed by atoms with Crippen molar-refractivity contribution in [2.24, 2.45) is 0 Å². The van der Waals surface area contributed by atoms with Crippen LogP contribution in [0.5, 0.6) is 5.75 Å². The molecule has 6 heteroatoms. The number of rotatable bonds is 6. The van der Waals surface area contributed by atoms with Gasteiger partial charge in [-0.05, 0) is 24.4 Å². The molecule has 0 radical (unpaired) electrons. The quantitative estimate of drug-likeness (QED) is 0.746. The van der Waals surface area contributed by atoms with E-state index in [1.54, 1.807) is 17.7 Å². The Hall–Kier alpha value is -3.02. The van der Waals surface area contributed by atoms with E-state index in [4.69, 9.17) is 4.74 Å². The van der Waals surface area contributed by atoms with Crippen molar-refractivity contribution in [2.45, 2.75) is 20.0 Å². The van der Waals surface area contributed by atoms with Crippen LogP contribution in [0, 0.1) is 6.92 Å². The van der Waals surface area contributed by atoms with Crippen molar-refractivity contribution in [2.75, 3.05) is 13.7 Å². The topological polar surface area (TPSA) is 65.3 Å². The highest BCUT2D eigenvalue weighted by atomic mass is 16.5. The number of carbonyl (C=O) groups excluding carboxylic acids is 1. The molecule has 0 unspecified atom stereocenters. The molecule has 0 atom stereocenters. The molecule has 0 aliphatic carbocycles. The molecule has 130 valence electrons. The minimum absolute atomic E-state index is 0.106. The number of benzene rings is 1. The van der Waals surface area contributed by atoms with Crippen molar-refractivity contribution in [1.82, 2.24) is 14.5 Å². The van der Waals surface area contributed by atoms with Crippen LogP contribution in [0.4, 0.5) is 0 Å². The molecule has 3 aromatic rings. The van der Waals surface area contributed by atoms with Gasteiger partial charge in [-0.1, -0.05) is 18.2 Å². The molecule has 6 nitrogen and oxygen atoms in total. The smallest absolute Gasteiger partial charge is 0.239 e. The summed E-state index contributed by atoms with van der Waals surface area (Å²) in [4.78, 5) is 23.9. The van der Waals surface area contributed by atoms with Crippen molar-refractivity contribution in [3.8, 4) is 5.75 Å². The molecule has 1 amide bonds. The van der Waals surface area contributed by atoms with E-state index in [1.807, 2.05) is 18.3 Å². The van der Waals surface area contributed by atoms with Gasteiger partial charge < -0.3 is 19.2 Å². The molecule has 0 spiro atoms. The second-order valence-electron chi connectivity index (χ2n) is 5.89. The van der Waals surface area contributed by atoms with Crippen LogP contribution in [0.25, 0.3) is 10.9 Å². The average molecular weight is 339 g/mol. The molecule has 0 saturated carbocycles. The first-order valence-corrected chi connectivity index (χ1v) is 8.14. The highest BCUT2D eigenvalue weighted by molar-refractivity contribution is 5.80. The zero-order valence-electron chi connectivity index (χ0n) is 14.4. The van der Waals surface area contributed by atoms with Crippen LogP contribution in [0.1, 0.15) is 5.69 Å². The van der Waals surface area contributed by atoms with E-state index in [0.29, 0.717) is 13.1 Å². The molecular formula is C19H21N3O3. The number of amides is 1. The number of pyridine rings is 1. The highest BCUT2D eigenvalue weighted by Gasteiger charge is 2.08. The van der Waals surface area contributed by atoms with Gasteiger partial charge in [-0.2, -0.15) is 0 Å². The zero-order valence-corrected chi connectivity index (χ0v) is 14.4. The molecule has 0 aliphatic heterocycles. The lowest BCUT2D eigenvalue weighted by Gasteiger charge is -2.13. The maximum atomic E-state index is 12.2. The minimum Gasteiger partial charge on any atom is -0.491 e. The fourth-order valence-electron chi connectivity index (χ4n) is 2.84. The molecule has 2 aromatic heterocycles. The van der Waals surface area contributed by atoms with E-state index >= 15 is 0 Å². The third kappa shape index (κ3) is 3.74. The van der Waals surface area contributed by atoms with Gasteiger partial charge in [0.1, 0.15) is 6.54 Å². The van der Waals surface area contributed by atoms with Crippen LogP contribution < -0.4 is 15.5 Å². The number of methoxy groups -OCH3 is 1. The van der Waals surface area contributed by atoms with Crippen LogP contribution in [-0.2, 0) is 17.9 Å². The molecule has 2 heterocycles. The van der Waals surface area contributed by atoms with Crippen LogP contribution in [0.3, 0.4) is 0 Å². The lowest BCUT2D eigenvalue weighted by molar-refractivity contribution is -0.121. The summed E-state index contributed by atoms with van der Waals surface area (Å²) in [5.74, 6) is 0.127. The average Bonchev–Trinajstić information content (AvgIpc) is 3.01. The van der Waals surface area contributed by atoms with Crippen molar-refractivity contribution >= 4 is 16.8 Å². The number of ether oxygens (including phenoxy) is 1. The van der Waals surface area contributed by atoms with Crippen LogP contribution in [0.15, 0.2) is 53.6 Å². The number of aromatic nitrogens is 2. The van der Waals surface area contributed by atoms with Gasteiger partial charge in [0, 0.05) is 36.6 Å². The van der Waals surface area contributed by atoms with Gasteiger partial charge >= 0.3 is 0 Å². The first-order chi connectivity index (χ1) is 12.1. The van der Waals surface area contributed by atoms with Crippen LogP contribution >= 0.6 is 0 Å². The standard InChI is InChI=1S/C19H21N3O3/c1-14-11-17(23)18(25-2)12-22(14)13-19(24)20-8-10-21-9-7-15-5-3-4-6-16(15)21/h3-7,9,11-12H,8,10,13H2,1-2H3,(H,20,24). The van der Waals surface area contributed by atoms with Gasteiger partial charge in [-0.3, -0.25) is 9.59 Å². The van der Waals surface area contributed by atoms with E-state index in [0.717, 1.165) is 11.2 Å². The first-order valence-electron chi connectivity index (χ1n) is 8.14. The molecular weight excluding hydrogens is 318 g/mol. The van der Waals surface area contributed by atoms with Crippen molar-refractivity contribution in [1.29, 1.82) is 0 Å². The summed E-state index contributed by atoms with van der Waals surface area (Å²) in [6.07, 6.45) is 3.59. The van der Waals surface area contributed by atoms with Gasteiger partial charge in [0.15, 0.2) is 5.75 Å². The van der Waals surface area contributed by atoms with Crippen molar-refractivity contribution < 1.29 is 9.53 Å². The molecule has 0 fully saturated rings. The lowest BCUT2D eigenvalue weighted by Crippen LogP contribution is -2.31. The molecule has 1 aromatic carbocycles. The Balaban J connectivity index is 1.59. The maximum absolute atomic E-state index is 12.2. The summed E-state index contributed by atoms with van der Waals surface area (Å²) in [6, 6.07) is 11.7. The summed E-state index contributed by atoms with van der Waals surface area (Å²) >= 11 is 0. The molecule has 3 rings (SSSR count). The summed E-state index contributed by atoms with van der Waals surface area (Å²) in [5.41, 5.74) is 1.69. The minimum atomic E-state index is -0.184. The highest BCUT2D eigenvalue weighted by Crippen LogP contribution is 2.14. The predicted molar refractivity (Wildman–Crippen MR) is 96.9 cm³/mol. The number of aryl methyl sites for hydroxylation is 1. The fraction of sp³-hybridized carbons (Fsp3) is 0.263. The number of hydrogen-bond acceptors (Lipinski definition) is 3. The second kappa shape index (κ2) is 7.25. The molecule has 1 N–H and O–H groups in total. The van der Waals surface area contributed by atoms with Crippen molar-refractivity contribution in [3.63, 3.8) is 0 Å². The Bertz CT molecular complexity index is 956. The number of nitrogens with zero attached hydrogens (tertiary/aromatic N) is 2. The maximum Gasteiger partial charge on any atom is 0.239 e.